The molecule has 0 aromatic carbocycles. The van der Waals surface area contributed by atoms with Gasteiger partial charge in [-0.05, 0) is 0 Å². The van der Waals surface area contributed by atoms with Gasteiger partial charge in [0.1, 0.15) is 195 Å². The molecule has 40 atom stereocenters. The molecule has 8 saturated heterocycles. The van der Waals surface area contributed by atoms with E-state index in [2.05, 4.69) is 29.6 Å². The Hall–Kier alpha value is -3.78. The van der Waals surface area contributed by atoms with Crippen LogP contribution < -0.4 is 21.3 Å². The topological polar surface area (TPSA) is 787 Å². The number of rotatable bonds is 30. The average molecular weight is 1640 g/mol. The molecule has 0 saturated carbocycles. The molecule has 4 amide bonds. The SMILES string of the molecule is CC(=O)N[C@H]1[C@H](O[C@H]2[C@@H](O)[C@@H](CO)O[C@@H](O[C@H]3[C@H](O)[C@@H](NC(C)=O)[C@H](O[C@H]4[C@@H](O)[C@@H](CO)O[C@@H](O[C@H]5[C@H](O)[C@@H](NC(C)=O)[C@H](O[C@H]6[C@@H](O)[C@@H](CO)O[C@@H](O[C@H]7[C@@H](O)[C@@H](CO)OC(O)[C@@H]7NC(C)=O)[C@@H]6O)O[C@@H]5CO)[C@@H]4O)O[C@@H]3COS(=O)(=O)O)[C@@H]2O)O[C@H](COS(=O)(=O)O)[C@@H](O[C@@H]2O[C@H](CO)[C@H](O)[C@H](O)[C@H]2O)[C@@H]1O. The quantitative estimate of drug-likeness (QED) is 0.0297. The van der Waals surface area contributed by atoms with Gasteiger partial charge in [0.25, 0.3) is 0 Å². The van der Waals surface area contributed by atoms with E-state index >= 15 is 0 Å². The molecule has 0 aromatic heterocycles. The molecule has 8 aliphatic rings. The van der Waals surface area contributed by atoms with Crippen LogP contribution in [0, 0.1) is 0 Å². The van der Waals surface area contributed by atoms with Crippen molar-refractivity contribution in [1.29, 1.82) is 0 Å². The Morgan fingerprint density at radius 2 is 0.514 bits per heavy atom. The first-order chi connectivity index (χ1) is 51.1. The predicted octanol–water partition coefficient (Wildman–Crippen LogP) is -18.2. The lowest BCUT2D eigenvalue weighted by atomic mass is 9.93. The van der Waals surface area contributed by atoms with Crippen molar-refractivity contribution in [1.82, 2.24) is 21.3 Å². The fraction of sp³-hybridized carbons (Fsp3) is 0.929. The number of aliphatic hydroxyl groups is 20. The number of carbonyl (C=O) groups is 4. The van der Waals surface area contributed by atoms with E-state index in [0.29, 0.717) is 0 Å². The number of carbonyl (C=O) groups excluding carboxylic acids is 4. The molecule has 0 bridgehead atoms. The molecule has 0 radical (unpaired) electrons. The van der Waals surface area contributed by atoms with Crippen LogP contribution in [0.25, 0.3) is 0 Å². The molecule has 109 heavy (non-hydrogen) atoms. The fourth-order valence-electron chi connectivity index (χ4n) is 13.4. The number of ether oxygens (including phenoxy) is 15. The summed E-state index contributed by atoms with van der Waals surface area (Å²) in [5.74, 6) is -3.85. The molecule has 8 rings (SSSR count). The molecule has 632 valence electrons. The number of nitrogens with one attached hydrogen (secondary N) is 4. The van der Waals surface area contributed by atoms with Gasteiger partial charge < -0.3 is 194 Å². The van der Waals surface area contributed by atoms with Crippen LogP contribution in [0.2, 0.25) is 0 Å². The standard InChI is InChI=1S/C56H94N4O47S2/c1-13(67)57-25-34(76)42(22(10-66)98-50(25)105-48-33(75)21(9-65)97-56(41(48)83)104-45-28(60-16(4)70)49(84)93-18(6-62)30(45)72)101-54-39(81)46(31(73)19(7-63)95-54)106-52-27(59-15(3)69)36(78)44(24(100-52)12-92-109(88,89)90)103-55-40(82)47(32(74)20(8-64)96-55)107-51-26(58-14(2)68)35(77)43(23(99-51)11-91-108(85,86)87)102-53-38(80)37(79)29(71)17(5-61)94-53/h17-56,61-66,71-84H,5-12H2,1-4H3,(H,57,67)(H,58,68)(H,59,69)(H,60,70)(H,85,86,87)(H,88,89,90)/t17-,18-,19-,20-,21-,22-,23-,24-,25-,26-,27-,28-,29+,30+,31+,32+,33+,34-,35-,36-,37+,38-,39-,40-,41-,42-,43-,44-,45-,46+,47+,48+,49?,50+,51+,52+,53+,54+,55+,56+/m1/s1. The number of aliphatic hydroxyl groups excluding tert-OH is 20. The molecule has 8 aliphatic heterocycles. The van der Waals surface area contributed by atoms with Crippen LogP contribution in [0.15, 0.2) is 0 Å². The maximum Gasteiger partial charge on any atom is 0.397 e. The van der Waals surface area contributed by atoms with Crippen molar-refractivity contribution in [3.8, 4) is 0 Å². The zero-order valence-corrected chi connectivity index (χ0v) is 59.2. The Balaban J connectivity index is 1.03. The maximum atomic E-state index is 13.0. The lowest BCUT2D eigenvalue weighted by Crippen LogP contribution is -2.71. The van der Waals surface area contributed by atoms with Crippen molar-refractivity contribution in [2.45, 2.75) is 273 Å². The third-order valence-electron chi connectivity index (χ3n) is 18.7. The van der Waals surface area contributed by atoms with E-state index in [1.54, 1.807) is 0 Å². The average Bonchev–Trinajstić information content (AvgIpc) is 0.767. The van der Waals surface area contributed by atoms with Crippen LogP contribution in [-0.4, -0.2) is 450 Å². The van der Waals surface area contributed by atoms with Gasteiger partial charge in [0, 0.05) is 27.7 Å². The molecular weight excluding hydrogens is 1540 g/mol. The molecule has 0 spiro atoms. The first-order valence-corrected chi connectivity index (χ1v) is 36.2. The fourth-order valence-corrected chi connectivity index (χ4v) is 14.0. The summed E-state index contributed by atoms with van der Waals surface area (Å²) in [6, 6.07) is -7.77. The Morgan fingerprint density at radius 1 is 0.275 bits per heavy atom. The number of amides is 4. The number of hydrogen-bond donors (Lipinski definition) is 26. The maximum absolute atomic E-state index is 13.0. The van der Waals surface area contributed by atoms with E-state index in [1.165, 1.54) is 0 Å². The Labute approximate surface area is 616 Å². The van der Waals surface area contributed by atoms with Crippen molar-refractivity contribution < 1.29 is 227 Å². The van der Waals surface area contributed by atoms with Gasteiger partial charge in [-0.25, -0.2) is 8.37 Å². The molecule has 1 unspecified atom stereocenters. The molecule has 26 N–H and O–H groups in total. The Bertz CT molecular complexity index is 3180. The summed E-state index contributed by atoms with van der Waals surface area (Å²) in [5, 5.41) is 231. The Kier molecular flexibility index (Phi) is 32.3. The molecule has 51 nitrogen and oxygen atoms in total. The van der Waals surface area contributed by atoms with Crippen LogP contribution in [-0.2, 0) is 119 Å². The summed E-state index contributed by atoms with van der Waals surface area (Å²) in [7, 11) is -11.0. The largest absolute Gasteiger partial charge is 0.397 e. The molecule has 8 heterocycles. The van der Waals surface area contributed by atoms with Crippen molar-refractivity contribution in [2.75, 3.05) is 52.9 Å². The summed E-state index contributed by atoms with van der Waals surface area (Å²) in [4.78, 5) is 50.8. The van der Waals surface area contributed by atoms with Crippen molar-refractivity contribution >= 4 is 44.4 Å². The Morgan fingerprint density at radius 3 is 0.817 bits per heavy atom. The van der Waals surface area contributed by atoms with Crippen LogP contribution in [0.5, 0.6) is 0 Å². The van der Waals surface area contributed by atoms with E-state index in [1.807, 2.05) is 0 Å². The highest BCUT2D eigenvalue weighted by Gasteiger charge is 2.61. The summed E-state index contributed by atoms with van der Waals surface area (Å²) in [6.45, 7) is -5.86. The van der Waals surface area contributed by atoms with Gasteiger partial charge >= 0.3 is 20.8 Å². The lowest BCUT2D eigenvalue weighted by Gasteiger charge is -2.51. The third kappa shape index (κ3) is 21.7. The van der Waals surface area contributed by atoms with Gasteiger partial charge in [0.2, 0.25) is 23.6 Å². The van der Waals surface area contributed by atoms with E-state index < -0.39 is 343 Å². The monoisotopic (exact) mass is 1640 g/mol. The second-order valence-electron chi connectivity index (χ2n) is 26.4. The second kappa shape index (κ2) is 38.8. The highest BCUT2D eigenvalue weighted by atomic mass is 32.3. The zero-order chi connectivity index (χ0) is 80.9. The smallest absolute Gasteiger partial charge is 0.394 e. The van der Waals surface area contributed by atoms with Crippen molar-refractivity contribution in [2.24, 2.45) is 0 Å². The van der Waals surface area contributed by atoms with E-state index in [-0.39, 0.29) is 0 Å². The molecule has 0 aromatic rings. The minimum absolute atomic E-state index is 0.794. The minimum atomic E-state index is -5.57. The van der Waals surface area contributed by atoms with Gasteiger partial charge in [-0.2, -0.15) is 16.8 Å². The summed E-state index contributed by atoms with van der Waals surface area (Å²) in [5.41, 5.74) is 0. The summed E-state index contributed by atoms with van der Waals surface area (Å²) < 4.78 is 163. The van der Waals surface area contributed by atoms with Crippen molar-refractivity contribution in [3.63, 3.8) is 0 Å². The lowest BCUT2D eigenvalue weighted by molar-refractivity contribution is -0.388. The normalized spacial score (nSPS) is 46.0. The van der Waals surface area contributed by atoms with Crippen LogP contribution in [0.4, 0.5) is 0 Å². The highest BCUT2D eigenvalue weighted by Crippen LogP contribution is 2.40. The van der Waals surface area contributed by atoms with Gasteiger partial charge in [0.15, 0.2) is 50.3 Å². The van der Waals surface area contributed by atoms with Gasteiger partial charge in [-0.1, -0.05) is 0 Å². The summed E-state index contributed by atoms with van der Waals surface area (Å²) in [6.07, 6.45) is -77.3. The van der Waals surface area contributed by atoms with Crippen molar-refractivity contribution in [3.05, 3.63) is 0 Å². The molecule has 0 aliphatic carbocycles. The van der Waals surface area contributed by atoms with Gasteiger partial charge in [0.05, 0.1) is 52.9 Å². The molecular formula is C56H94N4O47S2. The molecule has 53 heteroatoms. The first kappa shape index (κ1) is 90.8. The minimum Gasteiger partial charge on any atom is -0.394 e. The first-order valence-electron chi connectivity index (χ1n) is 33.4. The van der Waals surface area contributed by atoms with Crippen LogP contribution >= 0.6 is 0 Å². The second-order valence-corrected chi connectivity index (χ2v) is 28.6. The van der Waals surface area contributed by atoms with Gasteiger partial charge in [-0.15, -0.1) is 0 Å². The third-order valence-corrected chi connectivity index (χ3v) is 19.5. The highest BCUT2D eigenvalue weighted by molar-refractivity contribution is 7.81. The zero-order valence-electron chi connectivity index (χ0n) is 57.6. The van der Waals surface area contributed by atoms with E-state index in [4.69, 9.17) is 71.1 Å². The van der Waals surface area contributed by atoms with Gasteiger partial charge in [-0.3, -0.25) is 28.3 Å². The summed E-state index contributed by atoms with van der Waals surface area (Å²) >= 11 is 0. The predicted molar refractivity (Wildman–Crippen MR) is 332 cm³/mol. The molecule has 8 fully saturated rings. The number of hydrogen-bond acceptors (Lipinski definition) is 45. The van der Waals surface area contributed by atoms with Crippen LogP contribution in [0.3, 0.4) is 0 Å². The van der Waals surface area contributed by atoms with E-state index in [9.17, 15) is 147 Å². The van der Waals surface area contributed by atoms with E-state index in [0.717, 1.165) is 27.7 Å². The van der Waals surface area contributed by atoms with Crippen LogP contribution in [0.1, 0.15) is 27.7 Å².